The van der Waals surface area contributed by atoms with E-state index in [1.807, 2.05) is 0 Å². The van der Waals surface area contributed by atoms with E-state index in [2.05, 4.69) is 22.1 Å². The average Bonchev–Trinajstić information content (AvgIpc) is 2.52. The van der Waals surface area contributed by atoms with Gasteiger partial charge in [-0.1, -0.05) is 19.1 Å². The molecular weight excluding hydrogens is 422 g/mol. The number of carbonyl (C=O) groups excluding carboxylic acids is 1. The predicted octanol–water partition coefficient (Wildman–Crippen LogP) is 2.15. The van der Waals surface area contributed by atoms with Crippen molar-refractivity contribution in [3.63, 3.8) is 0 Å². The number of carbonyl (C=O) groups is 1. The molecule has 1 saturated heterocycles. The molecule has 1 aromatic rings. The van der Waals surface area contributed by atoms with Gasteiger partial charge in [-0.15, -0.1) is 24.0 Å². The minimum Gasteiger partial charge on any atom is -0.370 e. The fourth-order valence-electron chi connectivity index (χ4n) is 2.60. The van der Waals surface area contributed by atoms with Crippen LogP contribution in [-0.2, 0) is 11.2 Å². The van der Waals surface area contributed by atoms with Crippen LogP contribution in [0, 0.1) is 11.7 Å². The maximum atomic E-state index is 13.0. The highest BCUT2D eigenvalue weighted by atomic mass is 127. The van der Waals surface area contributed by atoms with Crippen molar-refractivity contribution >= 4 is 35.8 Å². The lowest BCUT2D eigenvalue weighted by Crippen LogP contribution is -2.42. The third-order valence-electron chi connectivity index (χ3n) is 4.07. The van der Waals surface area contributed by atoms with Gasteiger partial charge in [0.2, 0.25) is 5.91 Å². The molecule has 1 fully saturated rings. The van der Waals surface area contributed by atoms with E-state index in [0.717, 1.165) is 31.8 Å². The Morgan fingerprint density at radius 2 is 2.12 bits per heavy atom. The topological polar surface area (TPSA) is 70.7 Å². The Morgan fingerprint density at radius 1 is 1.42 bits per heavy atom. The summed E-state index contributed by atoms with van der Waals surface area (Å²) in [7, 11) is 0. The molecule has 5 nitrogen and oxygen atoms in total. The number of nitrogens with zero attached hydrogens (tertiary/aromatic N) is 2. The SMILES string of the molecule is CC1CCN(C(N)=NCCNC(=O)Cc2cccc(F)c2)CC1.I. The van der Waals surface area contributed by atoms with E-state index >= 15 is 0 Å². The van der Waals surface area contributed by atoms with Crippen LogP contribution in [-0.4, -0.2) is 42.9 Å². The van der Waals surface area contributed by atoms with Gasteiger partial charge in [-0.3, -0.25) is 9.79 Å². The summed E-state index contributed by atoms with van der Waals surface area (Å²) in [6.07, 6.45) is 2.45. The molecular formula is C17H26FIN4O. The Bertz CT molecular complexity index is 559. The maximum absolute atomic E-state index is 13.0. The normalized spacial score (nSPS) is 15.8. The van der Waals surface area contributed by atoms with Crippen molar-refractivity contribution in [3.8, 4) is 0 Å². The zero-order valence-electron chi connectivity index (χ0n) is 14.0. The molecule has 0 aromatic heterocycles. The first-order valence-electron chi connectivity index (χ1n) is 8.10. The Balaban J connectivity index is 0.00000288. The fraction of sp³-hybridized carbons (Fsp3) is 0.529. The zero-order chi connectivity index (χ0) is 16.7. The van der Waals surface area contributed by atoms with Crippen LogP contribution in [0.1, 0.15) is 25.3 Å². The summed E-state index contributed by atoms with van der Waals surface area (Å²) in [6, 6.07) is 6.06. The quantitative estimate of drug-likeness (QED) is 0.314. The molecule has 0 spiro atoms. The fourth-order valence-corrected chi connectivity index (χ4v) is 2.60. The number of rotatable bonds is 5. The predicted molar refractivity (Wildman–Crippen MR) is 105 cm³/mol. The molecule has 1 aromatic carbocycles. The van der Waals surface area contributed by atoms with Gasteiger partial charge in [0.15, 0.2) is 5.96 Å². The molecule has 0 bridgehead atoms. The second-order valence-electron chi connectivity index (χ2n) is 6.07. The number of amides is 1. The summed E-state index contributed by atoms with van der Waals surface area (Å²) in [5.41, 5.74) is 6.63. The minimum atomic E-state index is -0.330. The van der Waals surface area contributed by atoms with E-state index in [4.69, 9.17) is 5.73 Å². The Morgan fingerprint density at radius 3 is 2.79 bits per heavy atom. The lowest BCUT2D eigenvalue weighted by molar-refractivity contribution is -0.120. The molecule has 1 aliphatic rings. The van der Waals surface area contributed by atoms with Crippen molar-refractivity contribution in [1.29, 1.82) is 0 Å². The number of halogens is 2. The van der Waals surface area contributed by atoms with E-state index in [1.54, 1.807) is 12.1 Å². The van der Waals surface area contributed by atoms with Gasteiger partial charge in [-0.05, 0) is 36.5 Å². The average molecular weight is 448 g/mol. The van der Waals surface area contributed by atoms with E-state index in [0.29, 0.717) is 24.6 Å². The molecule has 3 N–H and O–H groups in total. The van der Waals surface area contributed by atoms with Gasteiger partial charge in [0.25, 0.3) is 0 Å². The van der Waals surface area contributed by atoms with E-state index < -0.39 is 0 Å². The van der Waals surface area contributed by atoms with Gasteiger partial charge in [0.05, 0.1) is 13.0 Å². The lowest BCUT2D eigenvalue weighted by Gasteiger charge is -2.31. The third kappa shape index (κ3) is 7.02. The highest BCUT2D eigenvalue weighted by Gasteiger charge is 2.16. The number of guanidine groups is 1. The van der Waals surface area contributed by atoms with Crippen molar-refractivity contribution in [3.05, 3.63) is 35.6 Å². The molecule has 0 aliphatic carbocycles. The standard InChI is InChI=1S/C17H25FN4O.HI/c1-13-5-9-22(10-6-13)17(19)21-8-7-20-16(23)12-14-3-2-4-15(18)11-14;/h2-4,11,13H,5-10,12H2,1H3,(H2,19,21)(H,20,23);1H. The molecule has 24 heavy (non-hydrogen) atoms. The van der Waals surface area contributed by atoms with E-state index in [-0.39, 0.29) is 42.1 Å². The molecule has 1 amide bonds. The smallest absolute Gasteiger partial charge is 0.224 e. The summed E-state index contributed by atoms with van der Waals surface area (Å²) < 4.78 is 13.0. The van der Waals surface area contributed by atoms with Gasteiger partial charge in [-0.25, -0.2) is 4.39 Å². The van der Waals surface area contributed by atoms with Crippen LogP contribution in [0.5, 0.6) is 0 Å². The number of hydrogen-bond acceptors (Lipinski definition) is 2. The van der Waals surface area contributed by atoms with Crippen LogP contribution in [0.3, 0.4) is 0 Å². The molecule has 134 valence electrons. The minimum absolute atomic E-state index is 0. The summed E-state index contributed by atoms with van der Waals surface area (Å²) in [5, 5.41) is 2.77. The summed E-state index contributed by atoms with van der Waals surface area (Å²) >= 11 is 0. The second kappa shape index (κ2) is 10.5. The number of piperidine rings is 1. The second-order valence-corrected chi connectivity index (χ2v) is 6.07. The van der Waals surface area contributed by atoms with Gasteiger partial charge >= 0.3 is 0 Å². The van der Waals surface area contributed by atoms with Crippen molar-refractivity contribution in [1.82, 2.24) is 10.2 Å². The number of nitrogens with one attached hydrogen (secondary N) is 1. The van der Waals surface area contributed by atoms with Gasteiger partial charge in [0, 0.05) is 19.6 Å². The molecule has 0 unspecified atom stereocenters. The molecule has 0 saturated carbocycles. The first-order valence-corrected chi connectivity index (χ1v) is 8.10. The molecule has 1 heterocycles. The Kier molecular flexibility index (Phi) is 9.02. The van der Waals surface area contributed by atoms with Crippen LogP contribution in [0.25, 0.3) is 0 Å². The number of aliphatic imine (C=N–C) groups is 1. The monoisotopic (exact) mass is 448 g/mol. The maximum Gasteiger partial charge on any atom is 0.224 e. The summed E-state index contributed by atoms with van der Waals surface area (Å²) in [4.78, 5) is 18.2. The number of benzene rings is 1. The van der Waals surface area contributed by atoms with E-state index in [1.165, 1.54) is 12.1 Å². The molecule has 1 aliphatic heterocycles. The lowest BCUT2D eigenvalue weighted by atomic mass is 10.00. The molecule has 0 atom stereocenters. The van der Waals surface area contributed by atoms with Crippen molar-refractivity contribution in [2.45, 2.75) is 26.2 Å². The number of likely N-dealkylation sites (tertiary alicyclic amines) is 1. The molecule has 2 rings (SSSR count). The van der Waals surface area contributed by atoms with E-state index in [9.17, 15) is 9.18 Å². The van der Waals surface area contributed by atoms with Crippen LogP contribution >= 0.6 is 24.0 Å². The van der Waals surface area contributed by atoms with Crippen molar-refractivity contribution < 1.29 is 9.18 Å². The highest BCUT2D eigenvalue weighted by Crippen LogP contribution is 2.15. The molecule has 7 heteroatoms. The number of hydrogen-bond donors (Lipinski definition) is 2. The van der Waals surface area contributed by atoms with Crippen LogP contribution in [0.15, 0.2) is 29.3 Å². The Labute approximate surface area is 159 Å². The first-order chi connectivity index (χ1) is 11.0. The number of nitrogens with two attached hydrogens (primary N) is 1. The van der Waals surface area contributed by atoms with Gasteiger partial charge in [0.1, 0.15) is 5.82 Å². The first kappa shape index (κ1) is 20.7. The highest BCUT2D eigenvalue weighted by molar-refractivity contribution is 14.0. The zero-order valence-corrected chi connectivity index (χ0v) is 16.3. The largest absolute Gasteiger partial charge is 0.370 e. The summed E-state index contributed by atoms with van der Waals surface area (Å²) in [6.45, 7) is 5.02. The van der Waals surface area contributed by atoms with Crippen molar-refractivity contribution in [2.24, 2.45) is 16.6 Å². The molecule has 0 radical (unpaired) electrons. The third-order valence-corrected chi connectivity index (χ3v) is 4.07. The van der Waals surface area contributed by atoms with Crippen LogP contribution < -0.4 is 11.1 Å². The Hall–Kier alpha value is -1.38. The van der Waals surface area contributed by atoms with Gasteiger partial charge < -0.3 is 16.0 Å². The summed E-state index contributed by atoms with van der Waals surface area (Å²) in [5.74, 6) is 0.831. The van der Waals surface area contributed by atoms with Crippen LogP contribution in [0.4, 0.5) is 4.39 Å². The van der Waals surface area contributed by atoms with Gasteiger partial charge in [-0.2, -0.15) is 0 Å². The van der Waals surface area contributed by atoms with Crippen molar-refractivity contribution in [2.75, 3.05) is 26.2 Å². The van der Waals surface area contributed by atoms with Crippen LogP contribution in [0.2, 0.25) is 0 Å².